The first kappa shape index (κ1) is 22.7. The Morgan fingerprint density at radius 2 is 1.84 bits per heavy atom. The molecule has 1 aromatic rings. The molecule has 0 saturated carbocycles. The van der Waals surface area contributed by atoms with Crippen molar-refractivity contribution in [2.24, 2.45) is 17.3 Å². The maximum absolute atomic E-state index is 14.0. The largest absolute Gasteiger partial charge is 0.510 e. The van der Waals surface area contributed by atoms with Gasteiger partial charge in [-0.1, -0.05) is 31.9 Å². The van der Waals surface area contributed by atoms with Crippen molar-refractivity contribution in [1.82, 2.24) is 0 Å². The predicted octanol–water partition coefficient (Wildman–Crippen LogP) is 5.58. The molecule has 0 heterocycles. The number of allylic oxidation sites excluding steroid dienone is 3. The van der Waals surface area contributed by atoms with Crippen LogP contribution in [0, 0.1) is 24.2 Å². The summed E-state index contributed by atoms with van der Waals surface area (Å²) in [7, 11) is 0. The van der Waals surface area contributed by atoms with Crippen molar-refractivity contribution < 1.29 is 19.5 Å². The summed E-state index contributed by atoms with van der Waals surface area (Å²) in [6.07, 6.45) is 4.60. The fraction of sp³-hybridized carbons (Fsp3) is 0.536. The number of hydrogen-bond donors (Lipinski definition) is 1. The quantitative estimate of drug-likeness (QED) is 0.628. The number of benzene rings is 1. The minimum atomic E-state index is -0.851. The molecular weight excluding hydrogens is 400 g/mol. The van der Waals surface area contributed by atoms with Gasteiger partial charge in [0.25, 0.3) is 0 Å². The second kappa shape index (κ2) is 7.83. The van der Waals surface area contributed by atoms with Crippen LogP contribution < -0.4 is 0 Å². The molecule has 3 unspecified atom stereocenters. The first-order valence-electron chi connectivity index (χ1n) is 12.0. The predicted molar refractivity (Wildman–Crippen MR) is 125 cm³/mol. The molecule has 4 heteroatoms. The van der Waals surface area contributed by atoms with Gasteiger partial charge in [-0.15, -0.1) is 0 Å². The molecule has 0 aromatic heterocycles. The van der Waals surface area contributed by atoms with E-state index in [1.54, 1.807) is 0 Å². The van der Waals surface area contributed by atoms with E-state index in [2.05, 4.69) is 26.8 Å². The molecule has 4 rings (SSSR count). The fourth-order valence-electron chi connectivity index (χ4n) is 6.60. The number of Topliss-reactive ketones (excluding diaryl/α,β-unsaturated/α-hetero) is 3. The minimum Gasteiger partial charge on any atom is -0.510 e. The Kier molecular flexibility index (Phi) is 5.55. The fourth-order valence-corrected chi connectivity index (χ4v) is 6.60. The normalized spacial score (nSPS) is 27.3. The van der Waals surface area contributed by atoms with Gasteiger partial charge in [-0.25, -0.2) is 0 Å². The van der Waals surface area contributed by atoms with Gasteiger partial charge < -0.3 is 5.11 Å². The van der Waals surface area contributed by atoms with Gasteiger partial charge in [0, 0.05) is 17.6 Å². The first-order chi connectivity index (χ1) is 15.1. The summed E-state index contributed by atoms with van der Waals surface area (Å²) >= 11 is 0. The molecule has 1 aromatic carbocycles. The van der Waals surface area contributed by atoms with Crippen LogP contribution in [0.15, 0.2) is 28.5 Å². The molecule has 32 heavy (non-hydrogen) atoms. The van der Waals surface area contributed by atoms with Crippen molar-refractivity contribution in [3.63, 3.8) is 0 Å². The van der Waals surface area contributed by atoms with E-state index < -0.39 is 11.2 Å². The molecule has 0 amide bonds. The molecular formula is C28H34O4. The van der Waals surface area contributed by atoms with Gasteiger partial charge in [0.1, 0.15) is 5.76 Å². The number of aliphatic hydroxyl groups excluding tert-OH is 1. The Hall–Kier alpha value is -2.49. The third-order valence-electron chi connectivity index (χ3n) is 8.49. The summed E-state index contributed by atoms with van der Waals surface area (Å²) in [4.78, 5) is 38.9. The highest BCUT2D eigenvalue weighted by Gasteiger charge is 2.54. The molecule has 0 fully saturated rings. The number of fused-ring (bicyclic) bond motifs is 3. The van der Waals surface area contributed by atoms with Gasteiger partial charge in [-0.05, 0) is 87.5 Å². The molecule has 3 aliphatic rings. The van der Waals surface area contributed by atoms with Crippen LogP contribution in [0.2, 0.25) is 0 Å². The van der Waals surface area contributed by atoms with Crippen molar-refractivity contribution in [1.29, 1.82) is 0 Å². The van der Waals surface area contributed by atoms with Gasteiger partial charge in [0.05, 0.1) is 11.0 Å². The highest BCUT2D eigenvalue weighted by Crippen LogP contribution is 2.57. The van der Waals surface area contributed by atoms with Crippen molar-refractivity contribution >= 4 is 17.3 Å². The minimum absolute atomic E-state index is 0.0510. The van der Waals surface area contributed by atoms with Crippen molar-refractivity contribution in [3.05, 3.63) is 56.4 Å². The van der Waals surface area contributed by atoms with Crippen LogP contribution in [0.1, 0.15) is 86.5 Å². The summed E-state index contributed by atoms with van der Waals surface area (Å²) in [6, 6.07) is 2.29. The second-order valence-electron chi connectivity index (χ2n) is 10.1. The Balaban J connectivity index is 1.96. The molecule has 0 radical (unpaired) electrons. The summed E-state index contributed by atoms with van der Waals surface area (Å²) in [5.41, 5.74) is 6.30. The standard InChI is InChI=1S/C28H34O4/c1-7-9-18-10-17(8-2)14(3)23-21(18)12-19-11-20-13-22(30)25(16(5)29)27(32)28(20,6)15(4)24(19)26(23)31/h10,19-20,32H,7-9,11-13H2,1-6H3. The van der Waals surface area contributed by atoms with E-state index in [-0.39, 0.29) is 41.2 Å². The average Bonchev–Trinajstić information content (AvgIpc) is 2.72. The molecule has 0 saturated heterocycles. The van der Waals surface area contributed by atoms with E-state index in [9.17, 15) is 19.5 Å². The van der Waals surface area contributed by atoms with Crippen LogP contribution >= 0.6 is 0 Å². The van der Waals surface area contributed by atoms with Crippen LogP contribution in [-0.2, 0) is 28.9 Å². The van der Waals surface area contributed by atoms with E-state index >= 15 is 0 Å². The lowest BCUT2D eigenvalue weighted by atomic mass is 9.53. The SMILES string of the molecule is CCCc1cc(CC)c(C)c2c1CC1CC3CC(=O)C(C(C)=O)=C(O)C3(C)C(C)=C1C2=O. The van der Waals surface area contributed by atoms with E-state index in [1.165, 1.54) is 23.6 Å². The van der Waals surface area contributed by atoms with Crippen molar-refractivity contribution in [3.8, 4) is 0 Å². The van der Waals surface area contributed by atoms with Gasteiger partial charge in [-0.3, -0.25) is 14.4 Å². The zero-order valence-electron chi connectivity index (χ0n) is 20.1. The Morgan fingerprint density at radius 1 is 1.16 bits per heavy atom. The number of carbonyl (C=O) groups is 3. The Labute approximate surface area is 190 Å². The first-order valence-corrected chi connectivity index (χ1v) is 12.0. The van der Waals surface area contributed by atoms with Crippen LogP contribution in [0.4, 0.5) is 0 Å². The van der Waals surface area contributed by atoms with Gasteiger partial charge >= 0.3 is 0 Å². The maximum Gasteiger partial charge on any atom is 0.189 e. The average molecular weight is 435 g/mol. The Morgan fingerprint density at radius 3 is 2.44 bits per heavy atom. The van der Waals surface area contributed by atoms with Crippen molar-refractivity contribution in [2.75, 3.05) is 0 Å². The molecule has 0 aliphatic heterocycles. The number of aryl methyl sites for hydroxylation is 2. The summed E-state index contributed by atoms with van der Waals surface area (Å²) in [6.45, 7) is 11.5. The maximum atomic E-state index is 14.0. The van der Waals surface area contributed by atoms with Gasteiger partial charge in [-0.2, -0.15) is 0 Å². The number of hydrogen-bond acceptors (Lipinski definition) is 4. The Bertz CT molecular complexity index is 1120. The second-order valence-corrected chi connectivity index (χ2v) is 10.1. The topological polar surface area (TPSA) is 71.4 Å². The smallest absolute Gasteiger partial charge is 0.189 e. The van der Waals surface area contributed by atoms with Crippen LogP contribution in [-0.4, -0.2) is 22.5 Å². The number of ketones is 3. The molecule has 1 N–H and O–H groups in total. The van der Waals surface area contributed by atoms with E-state index in [0.717, 1.165) is 48.0 Å². The molecule has 3 aliphatic carbocycles. The number of aliphatic hydroxyl groups is 1. The summed E-state index contributed by atoms with van der Waals surface area (Å²) < 4.78 is 0. The number of carbonyl (C=O) groups excluding carboxylic acids is 3. The van der Waals surface area contributed by atoms with Crippen molar-refractivity contribution in [2.45, 2.75) is 80.1 Å². The molecule has 170 valence electrons. The highest BCUT2D eigenvalue weighted by atomic mass is 16.3. The lowest BCUT2D eigenvalue weighted by Crippen LogP contribution is -2.46. The van der Waals surface area contributed by atoms with Gasteiger partial charge in [0.15, 0.2) is 17.3 Å². The van der Waals surface area contributed by atoms with Crippen LogP contribution in [0.3, 0.4) is 0 Å². The summed E-state index contributed by atoms with van der Waals surface area (Å²) in [5, 5.41) is 11.1. The van der Waals surface area contributed by atoms with E-state index in [1.807, 2.05) is 13.8 Å². The van der Waals surface area contributed by atoms with Crippen LogP contribution in [0.5, 0.6) is 0 Å². The monoisotopic (exact) mass is 434 g/mol. The zero-order valence-corrected chi connectivity index (χ0v) is 20.1. The van der Waals surface area contributed by atoms with E-state index in [0.29, 0.717) is 6.42 Å². The number of rotatable bonds is 4. The molecule has 3 atom stereocenters. The zero-order chi connectivity index (χ0) is 23.5. The highest BCUT2D eigenvalue weighted by molar-refractivity contribution is 6.20. The molecule has 0 spiro atoms. The lowest BCUT2D eigenvalue weighted by Gasteiger charge is -2.49. The van der Waals surface area contributed by atoms with Gasteiger partial charge in [0.2, 0.25) is 0 Å². The van der Waals surface area contributed by atoms with E-state index in [4.69, 9.17) is 0 Å². The molecule has 4 nitrogen and oxygen atoms in total. The van der Waals surface area contributed by atoms with Crippen LogP contribution in [0.25, 0.3) is 0 Å². The lowest BCUT2D eigenvalue weighted by molar-refractivity contribution is -0.123. The third-order valence-corrected chi connectivity index (χ3v) is 8.49. The summed E-state index contributed by atoms with van der Waals surface area (Å²) in [5.74, 6) is -0.792. The molecule has 0 bridgehead atoms. The third kappa shape index (κ3) is 2.98.